The van der Waals surface area contributed by atoms with Crippen LogP contribution < -0.4 is 5.32 Å². The minimum Gasteiger partial charge on any atom is -0.311 e. The molecule has 0 aromatic carbocycles. The summed E-state index contributed by atoms with van der Waals surface area (Å²) in [4.78, 5) is 7.31. The van der Waals surface area contributed by atoms with E-state index >= 15 is 0 Å². The molecule has 0 aliphatic heterocycles. The highest BCUT2D eigenvalue weighted by Crippen LogP contribution is 2.27. The van der Waals surface area contributed by atoms with Gasteiger partial charge in [0.05, 0.1) is 11.4 Å². The van der Waals surface area contributed by atoms with Crippen LogP contribution in [0.2, 0.25) is 0 Å². The van der Waals surface area contributed by atoms with Crippen LogP contribution in [-0.4, -0.2) is 29.5 Å². The summed E-state index contributed by atoms with van der Waals surface area (Å²) in [7, 11) is 2.26. The summed E-state index contributed by atoms with van der Waals surface area (Å²) in [5.74, 6) is 0.818. The van der Waals surface area contributed by atoms with Gasteiger partial charge in [-0.15, -0.1) is 0 Å². The van der Waals surface area contributed by atoms with E-state index in [2.05, 4.69) is 49.3 Å². The van der Waals surface area contributed by atoms with Crippen molar-refractivity contribution in [1.29, 1.82) is 0 Å². The standard InChI is InChI=1S/C18H31N3/c1-4-12-19-13-16-9-7-10-17(20-16)14-21(3)18-11-6-5-8-15(18)2/h7,9-10,15,18-19H,4-6,8,11-14H2,1-3H3. The first-order valence-corrected chi connectivity index (χ1v) is 8.56. The Labute approximate surface area is 130 Å². The quantitative estimate of drug-likeness (QED) is 0.778. The number of nitrogens with one attached hydrogen (secondary N) is 1. The molecule has 1 aromatic heterocycles. The molecule has 2 atom stereocenters. The minimum atomic E-state index is 0.724. The van der Waals surface area contributed by atoms with E-state index in [0.717, 1.165) is 37.3 Å². The van der Waals surface area contributed by atoms with Gasteiger partial charge in [0, 0.05) is 19.1 Å². The molecule has 1 aromatic rings. The van der Waals surface area contributed by atoms with E-state index in [4.69, 9.17) is 4.98 Å². The molecule has 1 aliphatic carbocycles. The van der Waals surface area contributed by atoms with Crippen molar-refractivity contribution < 1.29 is 0 Å². The third-order valence-electron chi connectivity index (χ3n) is 4.64. The fourth-order valence-electron chi connectivity index (χ4n) is 3.43. The normalized spacial score (nSPS) is 22.7. The molecule has 3 nitrogen and oxygen atoms in total. The van der Waals surface area contributed by atoms with Crippen LogP contribution in [0, 0.1) is 5.92 Å². The number of rotatable bonds is 7. The summed E-state index contributed by atoms with van der Waals surface area (Å²) < 4.78 is 0. The molecular weight excluding hydrogens is 258 g/mol. The molecule has 2 rings (SSSR count). The van der Waals surface area contributed by atoms with Crippen LogP contribution >= 0.6 is 0 Å². The highest BCUT2D eigenvalue weighted by Gasteiger charge is 2.24. The molecule has 1 heterocycles. The van der Waals surface area contributed by atoms with Gasteiger partial charge in [-0.05, 0) is 50.9 Å². The molecule has 1 saturated carbocycles. The van der Waals surface area contributed by atoms with Crippen LogP contribution in [0.1, 0.15) is 57.3 Å². The van der Waals surface area contributed by atoms with Crippen molar-refractivity contribution in [2.75, 3.05) is 13.6 Å². The van der Waals surface area contributed by atoms with Gasteiger partial charge in [-0.2, -0.15) is 0 Å². The molecule has 2 unspecified atom stereocenters. The van der Waals surface area contributed by atoms with Gasteiger partial charge in [-0.3, -0.25) is 9.88 Å². The van der Waals surface area contributed by atoms with Crippen molar-refractivity contribution in [3.8, 4) is 0 Å². The van der Waals surface area contributed by atoms with E-state index in [-0.39, 0.29) is 0 Å². The lowest BCUT2D eigenvalue weighted by molar-refractivity contribution is 0.132. The first kappa shape index (κ1) is 16.4. The van der Waals surface area contributed by atoms with Crippen LogP contribution in [0.4, 0.5) is 0 Å². The number of hydrogen-bond donors (Lipinski definition) is 1. The smallest absolute Gasteiger partial charge is 0.0547 e. The summed E-state index contributed by atoms with van der Waals surface area (Å²) >= 11 is 0. The Balaban J connectivity index is 1.90. The lowest BCUT2D eigenvalue weighted by Crippen LogP contribution is -2.38. The van der Waals surface area contributed by atoms with Gasteiger partial charge in [-0.25, -0.2) is 0 Å². The summed E-state index contributed by atoms with van der Waals surface area (Å²) in [6, 6.07) is 7.15. The summed E-state index contributed by atoms with van der Waals surface area (Å²) in [6.45, 7) is 7.50. The van der Waals surface area contributed by atoms with Gasteiger partial charge < -0.3 is 5.32 Å². The monoisotopic (exact) mass is 289 g/mol. The molecule has 0 amide bonds. The molecule has 1 fully saturated rings. The first-order valence-electron chi connectivity index (χ1n) is 8.56. The molecule has 0 saturated heterocycles. The van der Waals surface area contributed by atoms with Gasteiger partial charge in [0.15, 0.2) is 0 Å². The Bertz CT molecular complexity index is 419. The second kappa shape index (κ2) is 8.50. The number of nitrogens with zero attached hydrogens (tertiary/aromatic N) is 2. The Kier molecular flexibility index (Phi) is 6.65. The Morgan fingerprint density at radius 1 is 1.24 bits per heavy atom. The van der Waals surface area contributed by atoms with Crippen LogP contribution in [0.5, 0.6) is 0 Å². The van der Waals surface area contributed by atoms with Crippen molar-refractivity contribution >= 4 is 0 Å². The van der Waals surface area contributed by atoms with E-state index in [1.54, 1.807) is 0 Å². The second-order valence-corrected chi connectivity index (χ2v) is 6.54. The largest absolute Gasteiger partial charge is 0.311 e. The van der Waals surface area contributed by atoms with Gasteiger partial charge in [0.1, 0.15) is 0 Å². The predicted octanol–water partition coefficient (Wildman–Crippen LogP) is 3.59. The highest BCUT2D eigenvalue weighted by molar-refractivity contribution is 5.11. The molecule has 1 aliphatic rings. The topological polar surface area (TPSA) is 28.2 Å². The van der Waals surface area contributed by atoms with Crippen molar-refractivity contribution in [2.45, 2.75) is 65.1 Å². The summed E-state index contributed by atoms with van der Waals surface area (Å²) in [5, 5.41) is 3.43. The van der Waals surface area contributed by atoms with Crippen molar-refractivity contribution in [2.24, 2.45) is 5.92 Å². The Hall–Kier alpha value is -0.930. The van der Waals surface area contributed by atoms with Crippen molar-refractivity contribution in [3.05, 3.63) is 29.6 Å². The molecular formula is C18H31N3. The summed E-state index contributed by atoms with van der Waals surface area (Å²) in [5.41, 5.74) is 2.36. The predicted molar refractivity (Wildman–Crippen MR) is 89.1 cm³/mol. The summed E-state index contributed by atoms with van der Waals surface area (Å²) in [6.07, 6.45) is 6.68. The maximum Gasteiger partial charge on any atom is 0.0547 e. The zero-order valence-electron chi connectivity index (χ0n) is 13.9. The van der Waals surface area contributed by atoms with Crippen LogP contribution in [0.3, 0.4) is 0 Å². The number of aromatic nitrogens is 1. The van der Waals surface area contributed by atoms with E-state index in [0.29, 0.717) is 0 Å². The zero-order valence-corrected chi connectivity index (χ0v) is 13.9. The number of hydrogen-bond acceptors (Lipinski definition) is 3. The van der Waals surface area contributed by atoms with Crippen LogP contribution in [0.25, 0.3) is 0 Å². The molecule has 0 radical (unpaired) electrons. The third kappa shape index (κ3) is 5.08. The maximum absolute atomic E-state index is 4.80. The van der Waals surface area contributed by atoms with Gasteiger partial charge in [-0.1, -0.05) is 32.8 Å². The molecule has 21 heavy (non-hydrogen) atoms. The van der Waals surface area contributed by atoms with E-state index in [1.807, 2.05) is 0 Å². The van der Waals surface area contributed by atoms with Crippen LogP contribution in [0.15, 0.2) is 18.2 Å². The second-order valence-electron chi connectivity index (χ2n) is 6.54. The Morgan fingerprint density at radius 2 is 2.00 bits per heavy atom. The lowest BCUT2D eigenvalue weighted by Gasteiger charge is -2.36. The third-order valence-corrected chi connectivity index (χ3v) is 4.64. The minimum absolute atomic E-state index is 0.724. The van der Waals surface area contributed by atoms with Gasteiger partial charge >= 0.3 is 0 Å². The van der Waals surface area contributed by atoms with Crippen molar-refractivity contribution in [3.63, 3.8) is 0 Å². The molecule has 118 valence electrons. The maximum atomic E-state index is 4.80. The van der Waals surface area contributed by atoms with Gasteiger partial charge in [0.25, 0.3) is 0 Å². The SMILES string of the molecule is CCCNCc1cccc(CN(C)C2CCCCC2C)n1. The van der Waals surface area contributed by atoms with E-state index in [1.165, 1.54) is 37.8 Å². The van der Waals surface area contributed by atoms with E-state index < -0.39 is 0 Å². The fourth-order valence-corrected chi connectivity index (χ4v) is 3.43. The first-order chi connectivity index (χ1) is 10.2. The number of pyridine rings is 1. The fraction of sp³-hybridized carbons (Fsp3) is 0.722. The van der Waals surface area contributed by atoms with Crippen molar-refractivity contribution in [1.82, 2.24) is 15.2 Å². The highest BCUT2D eigenvalue weighted by atomic mass is 15.1. The molecule has 0 bridgehead atoms. The molecule has 1 N–H and O–H groups in total. The molecule has 0 spiro atoms. The Morgan fingerprint density at radius 3 is 2.76 bits per heavy atom. The lowest BCUT2D eigenvalue weighted by atomic mass is 9.85. The zero-order chi connectivity index (χ0) is 15.1. The van der Waals surface area contributed by atoms with Crippen LogP contribution in [-0.2, 0) is 13.1 Å². The van der Waals surface area contributed by atoms with Gasteiger partial charge in [0.2, 0.25) is 0 Å². The average molecular weight is 289 g/mol. The van der Waals surface area contributed by atoms with E-state index in [9.17, 15) is 0 Å². The molecule has 3 heteroatoms. The average Bonchev–Trinajstić information content (AvgIpc) is 2.48.